The SMILES string of the molecule is Br.O=C(O)CCn1ccccc1=O. The van der Waals surface area contributed by atoms with Gasteiger partial charge in [-0.2, -0.15) is 0 Å². The molecule has 0 unspecified atom stereocenters. The Balaban J connectivity index is 0.00000144. The predicted octanol–water partition coefficient (Wildman–Crippen LogP) is 0.901. The van der Waals surface area contributed by atoms with E-state index in [9.17, 15) is 9.59 Å². The molecule has 1 heterocycles. The van der Waals surface area contributed by atoms with Crippen molar-refractivity contribution < 1.29 is 9.90 Å². The summed E-state index contributed by atoms with van der Waals surface area (Å²) in [7, 11) is 0. The third-order valence-corrected chi connectivity index (χ3v) is 1.47. The fourth-order valence-electron chi connectivity index (χ4n) is 0.861. The zero-order valence-corrected chi connectivity index (χ0v) is 8.56. The molecular weight excluding hydrogens is 238 g/mol. The largest absolute Gasteiger partial charge is 0.481 e. The molecule has 0 amide bonds. The van der Waals surface area contributed by atoms with Gasteiger partial charge in [0.2, 0.25) is 0 Å². The van der Waals surface area contributed by atoms with Crippen LogP contribution in [0.3, 0.4) is 0 Å². The van der Waals surface area contributed by atoms with E-state index in [-0.39, 0.29) is 35.5 Å². The standard InChI is InChI=1S/C8H9NO3.BrH/c10-7-3-1-2-5-9(7)6-4-8(11)12;/h1-3,5H,4,6H2,(H,11,12);1H. The quantitative estimate of drug-likeness (QED) is 0.864. The van der Waals surface area contributed by atoms with Crippen molar-refractivity contribution in [2.24, 2.45) is 0 Å². The van der Waals surface area contributed by atoms with Crippen molar-refractivity contribution in [3.8, 4) is 0 Å². The van der Waals surface area contributed by atoms with Crippen LogP contribution < -0.4 is 5.56 Å². The van der Waals surface area contributed by atoms with E-state index < -0.39 is 5.97 Å². The molecule has 72 valence electrons. The van der Waals surface area contributed by atoms with Crippen molar-refractivity contribution in [3.63, 3.8) is 0 Å². The van der Waals surface area contributed by atoms with Gasteiger partial charge in [0.1, 0.15) is 0 Å². The summed E-state index contributed by atoms with van der Waals surface area (Å²) in [4.78, 5) is 21.2. The number of aryl methyl sites for hydroxylation is 1. The number of carboxylic acid groups (broad SMARTS) is 1. The number of nitrogens with zero attached hydrogens (tertiary/aromatic N) is 1. The Kier molecular flexibility index (Phi) is 5.06. The molecule has 0 aliphatic carbocycles. The number of carbonyl (C=O) groups is 1. The molecule has 0 saturated carbocycles. The van der Waals surface area contributed by atoms with Gasteiger partial charge in [-0.3, -0.25) is 9.59 Å². The lowest BCUT2D eigenvalue weighted by Crippen LogP contribution is -2.19. The molecule has 0 saturated heterocycles. The van der Waals surface area contributed by atoms with E-state index in [0.29, 0.717) is 0 Å². The minimum absolute atomic E-state index is 0. The average Bonchev–Trinajstić information content (AvgIpc) is 2.03. The Hall–Kier alpha value is -1.10. The summed E-state index contributed by atoms with van der Waals surface area (Å²) < 4.78 is 1.37. The van der Waals surface area contributed by atoms with Crippen LogP contribution in [0.4, 0.5) is 0 Å². The fraction of sp³-hybridized carbons (Fsp3) is 0.250. The number of pyridine rings is 1. The first-order valence-corrected chi connectivity index (χ1v) is 3.57. The highest BCUT2D eigenvalue weighted by Gasteiger charge is 1.97. The van der Waals surface area contributed by atoms with Gasteiger partial charge in [-0.15, -0.1) is 17.0 Å². The predicted molar refractivity (Wildman–Crippen MR) is 53.3 cm³/mol. The third-order valence-electron chi connectivity index (χ3n) is 1.47. The normalized spacial score (nSPS) is 8.92. The molecule has 1 aromatic rings. The van der Waals surface area contributed by atoms with E-state index in [4.69, 9.17) is 5.11 Å². The molecule has 1 N–H and O–H groups in total. The lowest BCUT2D eigenvalue weighted by Gasteiger charge is -2.00. The molecule has 0 aromatic carbocycles. The van der Waals surface area contributed by atoms with Gasteiger partial charge < -0.3 is 9.67 Å². The summed E-state index contributed by atoms with van der Waals surface area (Å²) in [5, 5.41) is 8.35. The number of aliphatic carboxylic acids is 1. The lowest BCUT2D eigenvalue weighted by molar-refractivity contribution is -0.137. The highest BCUT2D eigenvalue weighted by molar-refractivity contribution is 8.93. The molecule has 0 atom stereocenters. The van der Waals surface area contributed by atoms with Crippen LogP contribution >= 0.6 is 17.0 Å². The Labute approximate surface area is 85.6 Å². The molecule has 0 aliphatic heterocycles. The lowest BCUT2D eigenvalue weighted by atomic mass is 10.4. The molecule has 0 aliphatic rings. The van der Waals surface area contributed by atoms with Crippen LogP contribution in [-0.2, 0) is 11.3 Å². The van der Waals surface area contributed by atoms with E-state index in [1.165, 1.54) is 10.6 Å². The maximum Gasteiger partial charge on any atom is 0.305 e. The molecule has 0 spiro atoms. The molecule has 0 bridgehead atoms. The highest BCUT2D eigenvalue weighted by atomic mass is 79.9. The molecule has 13 heavy (non-hydrogen) atoms. The number of hydrogen-bond acceptors (Lipinski definition) is 2. The Morgan fingerprint density at radius 3 is 2.69 bits per heavy atom. The van der Waals surface area contributed by atoms with Crippen molar-refractivity contribution in [2.45, 2.75) is 13.0 Å². The van der Waals surface area contributed by atoms with Crippen LogP contribution in [0.25, 0.3) is 0 Å². The number of hydrogen-bond donors (Lipinski definition) is 1. The van der Waals surface area contributed by atoms with E-state index in [1.54, 1.807) is 18.3 Å². The van der Waals surface area contributed by atoms with Crippen LogP contribution in [0, 0.1) is 0 Å². The van der Waals surface area contributed by atoms with Crippen molar-refractivity contribution in [1.29, 1.82) is 0 Å². The van der Waals surface area contributed by atoms with Gasteiger partial charge in [-0.25, -0.2) is 0 Å². The van der Waals surface area contributed by atoms with Crippen LogP contribution in [0.5, 0.6) is 0 Å². The van der Waals surface area contributed by atoms with E-state index in [0.717, 1.165) is 0 Å². The molecule has 1 aromatic heterocycles. The first-order chi connectivity index (χ1) is 5.70. The summed E-state index contributed by atoms with van der Waals surface area (Å²) in [5.74, 6) is -0.897. The fourth-order valence-corrected chi connectivity index (χ4v) is 0.861. The van der Waals surface area contributed by atoms with Crippen LogP contribution in [0.1, 0.15) is 6.42 Å². The summed E-state index contributed by atoms with van der Waals surface area (Å²) in [5.41, 5.74) is -0.168. The minimum atomic E-state index is -0.897. The maximum absolute atomic E-state index is 11.0. The van der Waals surface area contributed by atoms with Gasteiger partial charge in [-0.1, -0.05) is 6.07 Å². The zero-order chi connectivity index (χ0) is 8.97. The van der Waals surface area contributed by atoms with Crippen LogP contribution in [0.15, 0.2) is 29.2 Å². The van der Waals surface area contributed by atoms with Gasteiger partial charge in [0.05, 0.1) is 6.42 Å². The number of halogens is 1. The zero-order valence-electron chi connectivity index (χ0n) is 6.84. The molecule has 4 nitrogen and oxygen atoms in total. The second-order valence-electron chi connectivity index (χ2n) is 2.38. The van der Waals surface area contributed by atoms with Crippen molar-refractivity contribution >= 4 is 23.0 Å². The van der Waals surface area contributed by atoms with Gasteiger partial charge in [0.25, 0.3) is 5.56 Å². The Morgan fingerprint density at radius 2 is 2.15 bits per heavy atom. The number of aromatic nitrogens is 1. The van der Waals surface area contributed by atoms with Gasteiger partial charge in [0.15, 0.2) is 0 Å². The summed E-state index contributed by atoms with van der Waals surface area (Å²) >= 11 is 0. The van der Waals surface area contributed by atoms with E-state index in [1.807, 2.05) is 0 Å². The molecule has 5 heteroatoms. The maximum atomic E-state index is 11.0. The van der Waals surface area contributed by atoms with E-state index >= 15 is 0 Å². The minimum Gasteiger partial charge on any atom is -0.481 e. The molecular formula is C8H10BrNO3. The highest BCUT2D eigenvalue weighted by Crippen LogP contribution is 1.86. The second kappa shape index (κ2) is 5.53. The van der Waals surface area contributed by atoms with Crippen LogP contribution in [-0.4, -0.2) is 15.6 Å². The molecule has 0 fully saturated rings. The summed E-state index contributed by atoms with van der Waals surface area (Å²) in [6.07, 6.45) is 1.55. The van der Waals surface area contributed by atoms with Crippen LogP contribution in [0.2, 0.25) is 0 Å². The molecule has 1 rings (SSSR count). The molecule has 0 radical (unpaired) electrons. The summed E-state index contributed by atoms with van der Waals surface area (Å²) in [6.45, 7) is 0.231. The van der Waals surface area contributed by atoms with Crippen molar-refractivity contribution in [1.82, 2.24) is 4.57 Å². The van der Waals surface area contributed by atoms with Crippen molar-refractivity contribution in [2.75, 3.05) is 0 Å². The second-order valence-corrected chi connectivity index (χ2v) is 2.38. The van der Waals surface area contributed by atoms with E-state index in [2.05, 4.69) is 0 Å². The van der Waals surface area contributed by atoms with Gasteiger partial charge in [-0.05, 0) is 6.07 Å². The summed E-state index contributed by atoms with van der Waals surface area (Å²) in [6, 6.07) is 4.73. The first kappa shape index (κ1) is 11.9. The van der Waals surface area contributed by atoms with Crippen molar-refractivity contribution in [3.05, 3.63) is 34.7 Å². The average molecular weight is 248 g/mol. The Morgan fingerprint density at radius 1 is 1.46 bits per heavy atom. The van der Waals surface area contributed by atoms with Gasteiger partial charge >= 0.3 is 5.97 Å². The Bertz CT molecular complexity index is 334. The van der Waals surface area contributed by atoms with Gasteiger partial charge in [0, 0.05) is 18.8 Å². The first-order valence-electron chi connectivity index (χ1n) is 3.57. The third kappa shape index (κ3) is 3.89. The monoisotopic (exact) mass is 247 g/mol. The number of carboxylic acids is 1. The topological polar surface area (TPSA) is 59.3 Å². The smallest absolute Gasteiger partial charge is 0.305 e. The number of rotatable bonds is 3.